The lowest BCUT2D eigenvalue weighted by molar-refractivity contribution is -0.123. The number of urea groups is 1. The molecule has 29 heavy (non-hydrogen) atoms. The van der Waals surface area contributed by atoms with Crippen LogP contribution in [0.15, 0.2) is 48.5 Å². The maximum atomic E-state index is 12.8. The first-order chi connectivity index (χ1) is 13.6. The van der Waals surface area contributed by atoms with Crippen molar-refractivity contribution in [1.82, 2.24) is 10.6 Å². The fraction of sp³-hybridized carbons (Fsp3) is 0.286. The summed E-state index contributed by atoms with van der Waals surface area (Å²) in [6.07, 6.45) is 0. The fourth-order valence-corrected chi connectivity index (χ4v) is 2.19. The first-order valence-corrected chi connectivity index (χ1v) is 9.15. The fourth-order valence-electron chi connectivity index (χ4n) is 2.19. The number of nitrogens with one attached hydrogen (secondary N) is 4. The van der Waals surface area contributed by atoms with E-state index in [1.54, 1.807) is 24.3 Å². The first-order valence-electron chi connectivity index (χ1n) is 9.15. The number of hydrogen-bond donors (Lipinski definition) is 4. The molecular weight excluding hydrogens is 375 g/mol. The molecule has 4 amide bonds. The number of carbonyl (C=O) groups is 3. The molecule has 0 aliphatic rings. The topological polar surface area (TPSA) is 99.3 Å². The Balaban J connectivity index is 1.72. The molecule has 0 bridgehead atoms. The third kappa shape index (κ3) is 7.25. The van der Waals surface area contributed by atoms with E-state index in [0.717, 1.165) is 0 Å². The SMILES string of the molecule is CC(C)(C)C(=O)Nc1ccc(C(=O)NCCNC(=O)Nc2ccc(F)cc2)cc1. The van der Waals surface area contributed by atoms with Gasteiger partial charge in [-0.25, -0.2) is 9.18 Å². The van der Waals surface area contributed by atoms with Crippen LogP contribution in [0, 0.1) is 11.2 Å². The molecule has 0 spiro atoms. The Morgan fingerprint density at radius 3 is 1.90 bits per heavy atom. The summed E-state index contributed by atoms with van der Waals surface area (Å²) in [7, 11) is 0. The van der Waals surface area contributed by atoms with Crippen LogP contribution < -0.4 is 21.3 Å². The Morgan fingerprint density at radius 2 is 1.31 bits per heavy atom. The van der Waals surface area contributed by atoms with Gasteiger partial charge in [-0.05, 0) is 48.5 Å². The maximum absolute atomic E-state index is 12.8. The normalized spacial score (nSPS) is 10.8. The van der Waals surface area contributed by atoms with E-state index >= 15 is 0 Å². The predicted molar refractivity (Wildman–Crippen MR) is 110 cm³/mol. The number of anilines is 2. The molecule has 0 saturated heterocycles. The molecule has 4 N–H and O–H groups in total. The summed E-state index contributed by atoms with van der Waals surface area (Å²) in [4.78, 5) is 35.9. The molecule has 7 nitrogen and oxygen atoms in total. The van der Waals surface area contributed by atoms with Gasteiger partial charge in [0.05, 0.1) is 0 Å². The third-order valence-corrected chi connectivity index (χ3v) is 3.88. The second-order valence-electron chi connectivity index (χ2n) is 7.43. The van der Waals surface area contributed by atoms with Gasteiger partial charge in [0, 0.05) is 35.4 Å². The van der Waals surface area contributed by atoms with E-state index in [4.69, 9.17) is 0 Å². The summed E-state index contributed by atoms with van der Waals surface area (Å²) in [5, 5.41) is 10.6. The van der Waals surface area contributed by atoms with Crippen molar-refractivity contribution in [3.05, 3.63) is 59.9 Å². The lowest BCUT2D eigenvalue weighted by atomic mass is 9.95. The van der Waals surface area contributed by atoms with Crippen LogP contribution in [0.5, 0.6) is 0 Å². The first kappa shape index (κ1) is 21.9. The molecule has 0 fully saturated rings. The van der Waals surface area contributed by atoms with Gasteiger partial charge in [0.15, 0.2) is 0 Å². The largest absolute Gasteiger partial charge is 0.350 e. The van der Waals surface area contributed by atoms with E-state index < -0.39 is 11.4 Å². The van der Waals surface area contributed by atoms with E-state index in [1.807, 2.05) is 20.8 Å². The van der Waals surface area contributed by atoms with Gasteiger partial charge >= 0.3 is 6.03 Å². The Hall–Kier alpha value is -3.42. The van der Waals surface area contributed by atoms with Crippen LogP contribution in [0.1, 0.15) is 31.1 Å². The van der Waals surface area contributed by atoms with E-state index in [-0.39, 0.29) is 30.7 Å². The number of carbonyl (C=O) groups excluding carboxylic acids is 3. The summed E-state index contributed by atoms with van der Waals surface area (Å²) in [6, 6.07) is 11.5. The zero-order valence-corrected chi connectivity index (χ0v) is 16.6. The van der Waals surface area contributed by atoms with Crippen LogP contribution in [0.2, 0.25) is 0 Å². The summed E-state index contributed by atoms with van der Waals surface area (Å²) < 4.78 is 12.8. The standard InChI is InChI=1S/C21H25FN4O3/c1-21(2,3)19(28)25-16-8-4-14(5-9-16)18(27)23-12-13-24-20(29)26-17-10-6-15(22)7-11-17/h4-11H,12-13H2,1-3H3,(H,23,27)(H,25,28)(H2,24,26,29). The molecule has 0 aliphatic heterocycles. The van der Waals surface area contributed by atoms with Crippen molar-refractivity contribution in [1.29, 1.82) is 0 Å². The van der Waals surface area contributed by atoms with Gasteiger partial charge in [-0.2, -0.15) is 0 Å². The Labute approximate surface area is 169 Å². The third-order valence-electron chi connectivity index (χ3n) is 3.88. The van der Waals surface area contributed by atoms with E-state index in [2.05, 4.69) is 21.3 Å². The molecule has 2 aromatic carbocycles. The predicted octanol–water partition coefficient (Wildman–Crippen LogP) is 3.36. The second kappa shape index (κ2) is 9.68. The van der Waals surface area contributed by atoms with E-state index in [9.17, 15) is 18.8 Å². The summed E-state index contributed by atoms with van der Waals surface area (Å²) >= 11 is 0. The van der Waals surface area contributed by atoms with Gasteiger partial charge in [0.1, 0.15) is 5.82 Å². The molecule has 154 valence electrons. The monoisotopic (exact) mass is 400 g/mol. The van der Waals surface area contributed by atoms with Crippen molar-refractivity contribution < 1.29 is 18.8 Å². The molecule has 0 atom stereocenters. The van der Waals surface area contributed by atoms with Crippen LogP contribution in [-0.2, 0) is 4.79 Å². The van der Waals surface area contributed by atoms with Crippen LogP contribution >= 0.6 is 0 Å². The minimum absolute atomic E-state index is 0.111. The van der Waals surface area contributed by atoms with Gasteiger partial charge in [-0.15, -0.1) is 0 Å². The van der Waals surface area contributed by atoms with Crippen LogP contribution in [-0.4, -0.2) is 30.9 Å². The van der Waals surface area contributed by atoms with Crippen molar-refractivity contribution in [2.75, 3.05) is 23.7 Å². The van der Waals surface area contributed by atoms with Crippen LogP contribution in [0.4, 0.5) is 20.6 Å². The molecular formula is C21H25FN4O3. The van der Waals surface area contributed by atoms with E-state index in [0.29, 0.717) is 16.9 Å². The van der Waals surface area contributed by atoms with Gasteiger partial charge < -0.3 is 21.3 Å². The molecule has 2 rings (SSSR count). The molecule has 0 aliphatic carbocycles. The van der Waals surface area contributed by atoms with Crippen molar-refractivity contribution in [3.63, 3.8) is 0 Å². The quantitative estimate of drug-likeness (QED) is 0.560. The van der Waals surface area contributed by atoms with Gasteiger partial charge in [-0.1, -0.05) is 20.8 Å². The second-order valence-corrected chi connectivity index (χ2v) is 7.43. The zero-order chi connectivity index (χ0) is 21.4. The lowest BCUT2D eigenvalue weighted by Crippen LogP contribution is -2.36. The molecule has 0 unspecified atom stereocenters. The maximum Gasteiger partial charge on any atom is 0.319 e. The Bertz CT molecular complexity index is 859. The van der Waals surface area contributed by atoms with Crippen LogP contribution in [0.3, 0.4) is 0 Å². The summed E-state index contributed by atoms with van der Waals surface area (Å²) in [6.45, 7) is 5.91. The Morgan fingerprint density at radius 1 is 0.793 bits per heavy atom. The summed E-state index contributed by atoms with van der Waals surface area (Å²) in [5.41, 5.74) is 1.01. The highest BCUT2D eigenvalue weighted by molar-refractivity contribution is 5.97. The van der Waals surface area contributed by atoms with Crippen molar-refractivity contribution >= 4 is 29.2 Å². The van der Waals surface area contributed by atoms with Gasteiger partial charge in [0.2, 0.25) is 5.91 Å². The number of rotatable bonds is 6. The number of hydrogen-bond acceptors (Lipinski definition) is 3. The number of amides is 4. The average molecular weight is 400 g/mol. The lowest BCUT2D eigenvalue weighted by Gasteiger charge is -2.17. The van der Waals surface area contributed by atoms with Gasteiger partial charge in [-0.3, -0.25) is 9.59 Å². The van der Waals surface area contributed by atoms with Crippen molar-refractivity contribution in [2.45, 2.75) is 20.8 Å². The highest BCUT2D eigenvalue weighted by atomic mass is 19.1. The molecule has 8 heteroatoms. The van der Waals surface area contributed by atoms with E-state index in [1.165, 1.54) is 24.3 Å². The molecule has 0 heterocycles. The highest BCUT2D eigenvalue weighted by Gasteiger charge is 2.21. The Kier molecular flexibility index (Phi) is 7.30. The van der Waals surface area contributed by atoms with Crippen LogP contribution in [0.25, 0.3) is 0 Å². The minimum Gasteiger partial charge on any atom is -0.350 e. The average Bonchev–Trinajstić information content (AvgIpc) is 2.66. The van der Waals surface area contributed by atoms with Crippen molar-refractivity contribution in [3.8, 4) is 0 Å². The smallest absolute Gasteiger partial charge is 0.319 e. The molecule has 2 aromatic rings. The number of benzene rings is 2. The van der Waals surface area contributed by atoms with Crippen molar-refractivity contribution in [2.24, 2.45) is 5.41 Å². The zero-order valence-electron chi connectivity index (χ0n) is 16.6. The molecule has 0 saturated carbocycles. The molecule has 0 radical (unpaired) electrons. The minimum atomic E-state index is -0.508. The highest BCUT2D eigenvalue weighted by Crippen LogP contribution is 2.17. The summed E-state index contributed by atoms with van der Waals surface area (Å²) in [5.74, 6) is -0.789. The number of halogens is 1. The molecule has 0 aromatic heterocycles. The van der Waals surface area contributed by atoms with Gasteiger partial charge in [0.25, 0.3) is 5.91 Å².